The van der Waals surface area contributed by atoms with Crippen LogP contribution in [0.5, 0.6) is 5.75 Å². The van der Waals surface area contributed by atoms with Gasteiger partial charge in [-0.25, -0.2) is 12.8 Å². The first-order valence-corrected chi connectivity index (χ1v) is 11.2. The highest BCUT2D eigenvalue weighted by atomic mass is 32.2. The molecule has 9 heteroatoms. The highest BCUT2D eigenvalue weighted by molar-refractivity contribution is 7.92. The maximum atomic E-state index is 14.0. The van der Waals surface area contributed by atoms with Crippen LogP contribution in [0.25, 0.3) is 0 Å². The molecule has 0 radical (unpaired) electrons. The Morgan fingerprint density at radius 3 is 2.28 bits per heavy atom. The standard InChI is InChI=1S/C20H22FN3O4S/c1-29(26,27)24-14-19(28-18-9-5-4-8-17(18)24)20(25)23-12-10-22(11-13-23)16-7-3-2-6-15(16)21/h2-9,19H,10-14H2,1H3. The van der Waals surface area contributed by atoms with Gasteiger partial charge in [0.2, 0.25) is 10.0 Å². The molecule has 1 amide bonds. The summed E-state index contributed by atoms with van der Waals surface area (Å²) in [7, 11) is -3.55. The fourth-order valence-electron chi connectivity index (χ4n) is 3.72. The third-order valence-electron chi connectivity index (χ3n) is 5.20. The molecule has 0 bridgehead atoms. The Morgan fingerprint density at radius 2 is 1.62 bits per heavy atom. The summed E-state index contributed by atoms with van der Waals surface area (Å²) in [6.07, 6.45) is 0.198. The molecule has 1 saturated heterocycles. The van der Waals surface area contributed by atoms with Crippen LogP contribution in [-0.2, 0) is 14.8 Å². The summed E-state index contributed by atoms with van der Waals surface area (Å²) in [5, 5.41) is 0. The molecule has 2 aliphatic heterocycles. The summed E-state index contributed by atoms with van der Waals surface area (Å²) in [6.45, 7) is 1.74. The van der Waals surface area contributed by atoms with Crippen LogP contribution < -0.4 is 13.9 Å². The fourth-order valence-corrected chi connectivity index (χ4v) is 4.64. The zero-order chi connectivity index (χ0) is 20.6. The van der Waals surface area contributed by atoms with E-state index in [-0.39, 0.29) is 18.3 Å². The summed E-state index contributed by atoms with van der Waals surface area (Å²) in [5.41, 5.74) is 0.953. The lowest BCUT2D eigenvalue weighted by Crippen LogP contribution is -2.56. The van der Waals surface area contributed by atoms with E-state index in [0.29, 0.717) is 43.3 Å². The van der Waals surface area contributed by atoms with Gasteiger partial charge in [-0.1, -0.05) is 24.3 Å². The summed E-state index contributed by atoms with van der Waals surface area (Å²) in [5.74, 6) is -0.183. The van der Waals surface area contributed by atoms with Gasteiger partial charge in [0.25, 0.3) is 5.91 Å². The molecule has 0 aliphatic carbocycles. The number of fused-ring (bicyclic) bond motifs is 1. The quantitative estimate of drug-likeness (QED) is 0.758. The van der Waals surface area contributed by atoms with E-state index in [1.807, 2.05) is 4.90 Å². The average molecular weight is 419 g/mol. The number of carbonyl (C=O) groups excluding carboxylic acids is 1. The van der Waals surface area contributed by atoms with Gasteiger partial charge in [-0.15, -0.1) is 0 Å². The number of ether oxygens (including phenoxy) is 1. The predicted molar refractivity (Wildman–Crippen MR) is 108 cm³/mol. The van der Waals surface area contributed by atoms with Crippen LogP contribution in [0, 0.1) is 5.82 Å². The van der Waals surface area contributed by atoms with E-state index in [1.54, 1.807) is 47.4 Å². The summed E-state index contributed by atoms with van der Waals surface area (Å²) in [4.78, 5) is 16.6. The Kier molecular flexibility index (Phi) is 5.08. The van der Waals surface area contributed by atoms with Crippen LogP contribution in [0.15, 0.2) is 48.5 Å². The third-order valence-corrected chi connectivity index (χ3v) is 6.34. The lowest BCUT2D eigenvalue weighted by Gasteiger charge is -2.40. The predicted octanol–water partition coefficient (Wildman–Crippen LogP) is 1.70. The molecule has 154 valence electrons. The number of sulfonamides is 1. The first kappa shape index (κ1) is 19.5. The minimum Gasteiger partial charge on any atom is -0.476 e. The molecule has 7 nitrogen and oxygen atoms in total. The van der Waals surface area contributed by atoms with Crippen molar-refractivity contribution in [3.63, 3.8) is 0 Å². The largest absolute Gasteiger partial charge is 0.476 e. The van der Waals surface area contributed by atoms with Crippen molar-refractivity contribution in [2.75, 3.05) is 48.2 Å². The van der Waals surface area contributed by atoms with Crippen molar-refractivity contribution in [3.05, 3.63) is 54.3 Å². The number of para-hydroxylation sites is 3. The number of hydrogen-bond donors (Lipinski definition) is 0. The van der Waals surface area contributed by atoms with Crippen LogP contribution in [0.1, 0.15) is 0 Å². The number of benzene rings is 2. The van der Waals surface area contributed by atoms with Crippen molar-refractivity contribution >= 4 is 27.3 Å². The molecule has 0 spiro atoms. The van der Waals surface area contributed by atoms with E-state index in [2.05, 4.69) is 0 Å². The first-order valence-electron chi connectivity index (χ1n) is 9.36. The number of hydrogen-bond acceptors (Lipinski definition) is 5. The van der Waals surface area contributed by atoms with Crippen LogP contribution in [0.3, 0.4) is 0 Å². The molecule has 4 rings (SSSR count). The number of amides is 1. The summed E-state index contributed by atoms with van der Waals surface area (Å²) >= 11 is 0. The van der Waals surface area contributed by atoms with Crippen molar-refractivity contribution < 1.29 is 22.3 Å². The Labute approximate surface area is 169 Å². The highest BCUT2D eigenvalue weighted by Crippen LogP contribution is 2.35. The lowest BCUT2D eigenvalue weighted by molar-refractivity contribution is -0.138. The number of anilines is 2. The van der Waals surface area contributed by atoms with Gasteiger partial charge in [-0.05, 0) is 24.3 Å². The fraction of sp³-hybridized carbons (Fsp3) is 0.350. The molecular weight excluding hydrogens is 397 g/mol. The molecule has 29 heavy (non-hydrogen) atoms. The van der Waals surface area contributed by atoms with Crippen molar-refractivity contribution in [1.29, 1.82) is 0 Å². The maximum absolute atomic E-state index is 14.0. The number of rotatable bonds is 3. The molecule has 2 aromatic rings. The Hall–Kier alpha value is -2.81. The minimum absolute atomic E-state index is 0.0673. The van der Waals surface area contributed by atoms with Gasteiger partial charge in [-0.3, -0.25) is 9.10 Å². The van der Waals surface area contributed by atoms with E-state index in [4.69, 9.17) is 4.74 Å². The Morgan fingerprint density at radius 1 is 1.00 bits per heavy atom. The van der Waals surface area contributed by atoms with Gasteiger partial charge >= 0.3 is 0 Å². The van der Waals surface area contributed by atoms with Gasteiger partial charge < -0.3 is 14.5 Å². The minimum atomic E-state index is -3.55. The molecule has 0 saturated carbocycles. The van der Waals surface area contributed by atoms with Gasteiger partial charge in [-0.2, -0.15) is 0 Å². The molecule has 0 N–H and O–H groups in total. The van der Waals surface area contributed by atoms with Crippen LogP contribution in [-0.4, -0.2) is 64.3 Å². The molecule has 0 aromatic heterocycles. The van der Waals surface area contributed by atoms with Crippen molar-refractivity contribution in [1.82, 2.24) is 4.90 Å². The molecule has 2 aliphatic rings. The maximum Gasteiger partial charge on any atom is 0.265 e. The normalized spacial score (nSPS) is 19.5. The second-order valence-corrected chi connectivity index (χ2v) is 9.04. The average Bonchev–Trinajstić information content (AvgIpc) is 2.72. The number of carbonyl (C=O) groups is 1. The van der Waals surface area contributed by atoms with E-state index >= 15 is 0 Å². The van der Waals surface area contributed by atoms with Gasteiger partial charge in [0.1, 0.15) is 11.6 Å². The number of piperazine rings is 1. The molecule has 1 atom stereocenters. The van der Waals surface area contributed by atoms with Gasteiger partial charge in [0.15, 0.2) is 6.10 Å². The van der Waals surface area contributed by atoms with Crippen molar-refractivity contribution in [3.8, 4) is 5.75 Å². The van der Waals surface area contributed by atoms with Crippen molar-refractivity contribution in [2.45, 2.75) is 6.10 Å². The van der Waals surface area contributed by atoms with Gasteiger partial charge in [0, 0.05) is 26.2 Å². The van der Waals surface area contributed by atoms with E-state index < -0.39 is 16.1 Å². The summed E-state index contributed by atoms with van der Waals surface area (Å²) in [6, 6.07) is 13.3. The zero-order valence-corrected chi connectivity index (χ0v) is 16.8. The second kappa shape index (κ2) is 7.55. The van der Waals surface area contributed by atoms with Gasteiger partial charge in [0.05, 0.1) is 24.2 Å². The Balaban J connectivity index is 1.47. The topological polar surface area (TPSA) is 70.2 Å². The molecule has 1 fully saturated rings. The monoisotopic (exact) mass is 419 g/mol. The number of halogens is 1. The molecule has 1 unspecified atom stereocenters. The van der Waals surface area contributed by atoms with E-state index in [1.165, 1.54) is 10.4 Å². The first-order chi connectivity index (χ1) is 13.8. The van der Waals surface area contributed by atoms with E-state index in [0.717, 1.165) is 6.26 Å². The zero-order valence-electron chi connectivity index (χ0n) is 16.0. The third kappa shape index (κ3) is 3.87. The highest BCUT2D eigenvalue weighted by Gasteiger charge is 2.37. The molecular formula is C20H22FN3O4S. The molecule has 2 heterocycles. The molecule has 2 aromatic carbocycles. The second-order valence-electron chi connectivity index (χ2n) is 7.13. The smallest absolute Gasteiger partial charge is 0.265 e. The van der Waals surface area contributed by atoms with E-state index in [9.17, 15) is 17.6 Å². The van der Waals surface area contributed by atoms with Crippen molar-refractivity contribution in [2.24, 2.45) is 0 Å². The number of nitrogens with zero attached hydrogens (tertiary/aromatic N) is 3. The SMILES string of the molecule is CS(=O)(=O)N1CC(C(=O)N2CCN(c3ccccc3F)CC2)Oc2ccccc21. The summed E-state index contributed by atoms with van der Waals surface area (Å²) < 4.78 is 45.5. The lowest BCUT2D eigenvalue weighted by atomic mass is 10.2. The van der Waals surface area contributed by atoms with Crippen LogP contribution >= 0.6 is 0 Å². The Bertz CT molecular complexity index is 1020. The van der Waals surface area contributed by atoms with Crippen LogP contribution in [0.4, 0.5) is 15.8 Å². The van der Waals surface area contributed by atoms with Crippen LogP contribution in [0.2, 0.25) is 0 Å².